The van der Waals surface area contributed by atoms with E-state index in [-0.39, 0.29) is 0 Å². The lowest BCUT2D eigenvalue weighted by atomic mass is 10.1. The molecule has 118 valence electrons. The largest absolute Gasteiger partial charge is 0.455 e. The number of nitrogens with zero attached hydrogens (tertiary/aromatic N) is 4. The summed E-state index contributed by atoms with van der Waals surface area (Å²) in [7, 11) is 0. The monoisotopic (exact) mass is 374 g/mol. The van der Waals surface area contributed by atoms with E-state index in [1.54, 1.807) is 6.21 Å². The van der Waals surface area contributed by atoms with E-state index in [2.05, 4.69) is 62.6 Å². The second-order valence-electron chi connectivity index (χ2n) is 5.05. The number of hydrazone groups is 1. The number of nitrogens with two attached hydrogens (primary N) is 1. The van der Waals surface area contributed by atoms with E-state index in [0.29, 0.717) is 11.7 Å². The molecule has 0 bridgehead atoms. The molecule has 8 heteroatoms. The van der Waals surface area contributed by atoms with Crippen molar-refractivity contribution in [2.45, 2.75) is 13.8 Å². The first-order valence-electron chi connectivity index (χ1n) is 6.85. The molecule has 0 unspecified atom stereocenters. The van der Waals surface area contributed by atoms with Crippen LogP contribution in [0.1, 0.15) is 16.9 Å². The van der Waals surface area contributed by atoms with Gasteiger partial charge in [-0.3, -0.25) is 0 Å². The van der Waals surface area contributed by atoms with Crippen LogP contribution in [0.3, 0.4) is 0 Å². The topological polar surface area (TPSA) is 94.3 Å². The molecule has 0 saturated heterocycles. The van der Waals surface area contributed by atoms with Gasteiger partial charge in [0.15, 0.2) is 0 Å². The highest BCUT2D eigenvalue weighted by molar-refractivity contribution is 9.10. The Hall–Kier alpha value is -2.61. The van der Waals surface area contributed by atoms with Crippen LogP contribution in [-0.4, -0.2) is 21.1 Å². The Bertz CT molecular complexity index is 867. The van der Waals surface area contributed by atoms with E-state index in [1.807, 2.05) is 12.1 Å². The number of nitrogen functional groups attached to an aromatic ring is 1. The van der Waals surface area contributed by atoms with Crippen molar-refractivity contribution >= 4 is 28.1 Å². The third kappa shape index (κ3) is 3.26. The van der Waals surface area contributed by atoms with E-state index in [9.17, 15) is 0 Å². The number of nitrogens with one attached hydrogen (secondary N) is 1. The Balaban J connectivity index is 1.78. The molecule has 0 amide bonds. The molecule has 1 aromatic carbocycles. The number of rotatable bonds is 4. The second-order valence-corrected chi connectivity index (χ2v) is 5.90. The summed E-state index contributed by atoms with van der Waals surface area (Å²) in [6.07, 6.45) is 2.92. The predicted molar refractivity (Wildman–Crippen MR) is 92.7 cm³/mol. The van der Waals surface area contributed by atoms with Crippen LogP contribution in [0.4, 0.5) is 5.95 Å². The van der Waals surface area contributed by atoms with Gasteiger partial charge >= 0.3 is 0 Å². The minimum atomic E-state index is 0.338. The van der Waals surface area contributed by atoms with Crippen LogP contribution in [-0.2, 0) is 0 Å². The average molecular weight is 375 g/mol. The lowest BCUT2D eigenvalue weighted by Crippen LogP contribution is -2.10. The molecular formula is C15H15BrN6O. The van der Waals surface area contributed by atoms with Gasteiger partial charge in [-0.15, -0.1) is 10.2 Å². The zero-order chi connectivity index (χ0) is 16.4. The molecule has 3 aromatic rings. The number of anilines is 1. The predicted octanol–water partition coefficient (Wildman–Crippen LogP) is 3.08. The molecule has 0 atom stereocenters. The zero-order valence-corrected chi connectivity index (χ0v) is 14.2. The second kappa shape index (κ2) is 6.25. The maximum Gasteiger partial charge on any atom is 0.263 e. The van der Waals surface area contributed by atoms with Gasteiger partial charge in [0.2, 0.25) is 0 Å². The first-order valence-corrected chi connectivity index (χ1v) is 7.65. The Morgan fingerprint density at radius 3 is 2.83 bits per heavy atom. The maximum absolute atomic E-state index is 5.80. The third-order valence-electron chi connectivity index (χ3n) is 3.41. The summed E-state index contributed by atoms with van der Waals surface area (Å²) in [5, 5.41) is 11.4. The minimum Gasteiger partial charge on any atom is -0.455 e. The number of halogens is 1. The van der Waals surface area contributed by atoms with E-state index in [0.717, 1.165) is 15.8 Å². The van der Waals surface area contributed by atoms with E-state index in [1.165, 1.54) is 22.1 Å². The van der Waals surface area contributed by atoms with Crippen LogP contribution in [0.2, 0.25) is 0 Å². The summed E-state index contributed by atoms with van der Waals surface area (Å²) in [5.41, 5.74) is 6.12. The molecule has 0 aliphatic carbocycles. The molecule has 0 spiro atoms. The smallest absolute Gasteiger partial charge is 0.263 e. The standard InChI is InChI=1S/C15H15BrN6O/c1-9-5-12(13(16)6-10(9)2)14-4-3-11(23-14)7-18-20-15-21-19-8-22(15)17/h3-8H,17H2,1-2H3,(H,20,21)/b18-7+. The first-order chi connectivity index (χ1) is 11.0. The van der Waals surface area contributed by atoms with Gasteiger partial charge in [-0.1, -0.05) is 15.9 Å². The Kier molecular flexibility index (Phi) is 4.16. The zero-order valence-electron chi connectivity index (χ0n) is 12.6. The van der Waals surface area contributed by atoms with E-state index in [4.69, 9.17) is 10.3 Å². The summed E-state index contributed by atoms with van der Waals surface area (Å²) < 4.78 is 8.03. The van der Waals surface area contributed by atoms with Crippen LogP contribution in [0.15, 0.2) is 44.6 Å². The van der Waals surface area contributed by atoms with Gasteiger partial charge in [-0.2, -0.15) is 5.10 Å². The van der Waals surface area contributed by atoms with Crippen LogP contribution < -0.4 is 11.3 Å². The number of benzene rings is 1. The van der Waals surface area contributed by atoms with Gasteiger partial charge in [0.05, 0.1) is 6.21 Å². The van der Waals surface area contributed by atoms with Crippen molar-refractivity contribution in [2.75, 3.05) is 11.3 Å². The highest BCUT2D eigenvalue weighted by atomic mass is 79.9. The van der Waals surface area contributed by atoms with Crippen LogP contribution in [0.5, 0.6) is 0 Å². The number of furan rings is 1. The van der Waals surface area contributed by atoms with Crippen molar-refractivity contribution < 1.29 is 4.42 Å². The number of hydrogen-bond donors (Lipinski definition) is 2. The fourth-order valence-corrected chi connectivity index (χ4v) is 2.67. The summed E-state index contributed by atoms with van der Waals surface area (Å²) >= 11 is 3.58. The van der Waals surface area contributed by atoms with Gasteiger partial charge in [0, 0.05) is 10.0 Å². The molecule has 0 radical (unpaired) electrons. The molecule has 2 aromatic heterocycles. The van der Waals surface area contributed by atoms with Crippen molar-refractivity contribution in [1.82, 2.24) is 14.9 Å². The Morgan fingerprint density at radius 1 is 1.30 bits per heavy atom. The molecule has 0 saturated carbocycles. The lowest BCUT2D eigenvalue weighted by molar-refractivity contribution is 0.574. The van der Waals surface area contributed by atoms with Crippen LogP contribution in [0, 0.1) is 13.8 Å². The molecule has 0 aliphatic heterocycles. The van der Waals surface area contributed by atoms with Crippen molar-refractivity contribution in [3.8, 4) is 11.3 Å². The van der Waals surface area contributed by atoms with Gasteiger partial charge in [0.25, 0.3) is 5.95 Å². The first kappa shape index (κ1) is 15.3. The van der Waals surface area contributed by atoms with Crippen molar-refractivity contribution in [3.63, 3.8) is 0 Å². The van der Waals surface area contributed by atoms with Gasteiger partial charge in [-0.25, -0.2) is 10.1 Å². The molecule has 0 fully saturated rings. The van der Waals surface area contributed by atoms with Crippen molar-refractivity contribution in [1.29, 1.82) is 0 Å². The fourth-order valence-electron chi connectivity index (χ4n) is 2.01. The summed E-state index contributed by atoms with van der Waals surface area (Å²) in [6, 6.07) is 7.92. The van der Waals surface area contributed by atoms with Crippen molar-refractivity contribution in [3.05, 3.63) is 52.0 Å². The molecule has 23 heavy (non-hydrogen) atoms. The molecule has 0 aliphatic rings. The molecular weight excluding hydrogens is 360 g/mol. The fraction of sp³-hybridized carbons (Fsp3) is 0.133. The lowest BCUT2D eigenvalue weighted by Gasteiger charge is -2.06. The van der Waals surface area contributed by atoms with Gasteiger partial charge < -0.3 is 10.3 Å². The van der Waals surface area contributed by atoms with E-state index >= 15 is 0 Å². The van der Waals surface area contributed by atoms with E-state index < -0.39 is 0 Å². The average Bonchev–Trinajstić information content (AvgIpc) is 3.13. The highest BCUT2D eigenvalue weighted by Gasteiger charge is 2.09. The van der Waals surface area contributed by atoms with Gasteiger partial charge in [-0.05, 0) is 49.2 Å². The third-order valence-corrected chi connectivity index (χ3v) is 4.06. The summed E-state index contributed by atoms with van der Waals surface area (Å²) in [6.45, 7) is 4.15. The van der Waals surface area contributed by atoms with Crippen LogP contribution >= 0.6 is 15.9 Å². The quantitative estimate of drug-likeness (QED) is 0.415. The number of hydrogen-bond acceptors (Lipinski definition) is 6. The molecule has 3 rings (SSSR count). The number of aromatic nitrogens is 3. The summed E-state index contributed by atoms with van der Waals surface area (Å²) in [5.74, 6) is 7.29. The van der Waals surface area contributed by atoms with Crippen LogP contribution in [0.25, 0.3) is 11.3 Å². The molecule has 3 N–H and O–H groups in total. The molecule has 2 heterocycles. The normalized spacial score (nSPS) is 11.3. The summed E-state index contributed by atoms with van der Waals surface area (Å²) in [4.78, 5) is 0. The number of aryl methyl sites for hydroxylation is 2. The van der Waals surface area contributed by atoms with Crippen molar-refractivity contribution in [2.24, 2.45) is 5.10 Å². The Labute approximate surface area is 141 Å². The highest BCUT2D eigenvalue weighted by Crippen LogP contribution is 2.31. The minimum absolute atomic E-state index is 0.338. The Morgan fingerprint density at radius 2 is 2.09 bits per heavy atom. The van der Waals surface area contributed by atoms with Gasteiger partial charge in [0.1, 0.15) is 17.8 Å². The molecule has 7 nitrogen and oxygen atoms in total. The SMILES string of the molecule is Cc1cc(Br)c(-c2ccc(/C=N/Nc3nncn3N)o2)cc1C. The maximum atomic E-state index is 5.80.